The third kappa shape index (κ3) is 2.64. The van der Waals surface area contributed by atoms with Crippen molar-refractivity contribution in [2.24, 2.45) is 0 Å². The van der Waals surface area contributed by atoms with Gasteiger partial charge in [0, 0.05) is 11.3 Å². The van der Waals surface area contributed by atoms with Crippen LogP contribution < -0.4 is 4.74 Å². The first-order valence-corrected chi connectivity index (χ1v) is 6.05. The fourth-order valence-electron chi connectivity index (χ4n) is 1.72. The van der Waals surface area contributed by atoms with Crippen LogP contribution in [0.4, 0.5) is 0 Å². The maximum atomic E-state index is 5.24. The summed E-state index contributed by atoms with van der Waals surface area (Å²) in [5.74, 6) is 0.888. The van der Waals surface area contributed by atoms with Gasteiger partial charge >= 0.3 is 0 Å². The molecule has 0 saturated heterocycles. The number of nitrogens with zero attached hydrogens (tertiary/aromatic N) is 2. The van der Waals surface area contributed by atoms with E-state index in [0.717, 1.165) is 28.3 Å². The summed E-state index contributed by atoms with van der Waals surface area (Å²) in [7, 11) is 1.67. The van der Waals surface area contributed by atoms with Crippen LogP contribution in [0.1, 0.15) is 11.3 Å². The Balaban J connectivity index is 2.49. The van der Waals surface area contributed by atoms with Crippen molar-refractivity contribution in [1.29, 1.82) is 0 Å². The molecule has 0 atom stereocenters. The van der Waals surface area contributed by atoms with Crippen LogP contribution in [0.15, 0.2) is 29.0 Å². The van der Waals surface area contributed by atoms with Gasteiger partial charge in [0.15, 0.2) is 4.73 Å². The number of benzene rings is 1. The van der Waals surface area contributed by atoms with Gasteiger partial charge in [0.05, 0.1) is 12.8 Å². The Morgan fingerprint density at radius 2 is 1.88 bits per heavy atom. The first kappa shape index (κ1) is 12.0. The van der Waals surface area contributed by atoms with Gasteiger partial charge in [-0.3, -0.25) is 0 Å². The summed E-state index contributed by atoms with van der Waals surface area (Å²) < 4.78 is 5.85. The van der Waals surface area contributed by atoms with Crippen LogP contribution in [0.3, 0.4) is 0 Å². The van der Waals surface area contributed by atoms with Gasteiger partial charge < -0.3 is 4.74 Å². The molecule has 0 radical (unpaired) electrons. The number of rotatable bonds is 2. The Morgan fingerprint density at radius 1 is 1.12 bits per heavy atom. The largest absolute Gasteiger partial charge is 0.496 e. The number of aryl methyl sites for hydroxylation is 2. The van der Waals surface area contributed by atoms with Gasteiger partial charge in [-0.05, 0) is 59.6 Å². The quantitative estimate of drug-likeness (QED) is 0.794. The van der Waals surface area contributed by atoms with E-state index in [0.29, 0.717) is 4.73 Å². The van der Waals surface area contributed by atoms with Crippen molar-refractivity contribution in [3.05, 3.63) is 40.3 Å². The molecule has 0 aliphatic rings. The topological polar surface area (TPSA) is 35.0 Å². The number of ether oxygens (including phenoxy) is 1. The molecule has 2 aromatic rings. The zero-order chi connectivity index (χ0) is 12.4. The van der Waals surface area contributed by atoms with E-state index in [9.17, 15) is 0 Å². The molecule has 0 amide bonds. The number of aromatic nitrogens is 2. The molecule has 0 unspecified atom stereocenters. The smallest absolute Gasteiger partial charge is 0.197 e. The second-order valence-corrected chi connectivity index (χ2v) is 4.56. The molecule has 88 valence electrons. The molecule has 0 N–H and O–H groups in total. The van der Waals surface area contributed by atoms with E-state index >= 15 is 0 Å². The van der Waals surface area contributed by atoms with Gasteiger partial charge in [-0.25, -0.2) is 9.97 Å². The molecular weight excluding hydrogens is 280 g/mol. The van der Waals surface area contributed by atoms with Crippen LogP contribution >= 0.6 is 15.9 Å². The molecule has 0 saturated carbocycles. The fraction of sp³-hybridized carbons (Fsp3) is 0.231. The zero-order valence-electron chi connectivity index (χ0n) is 9.99. The normalized spacial score (nSPS) is 10.4. The van der Waals surface area contributed by atoms with E-state index in [1.165, 1.54) is 0 Å². The van der Waals surface area contributed by atoms with Crippen molar-refractivity contribution in [3.63, 3.8) is 0 Å². The van der Waals surface area contributed by atoms with Gasteiger partial charge in [0.1, 0.15) is 5.75 Å². The van der Waals surface area contributed by atoms with E-state index < -0.39 is 0 Å². The lowest BCUT2D eigenvalue weighted by atomic mass is 10.1. The Bertz CT molecular complexity index is 535. The van der Waals surface area contributed by atoms with Crippen LogP contribution in [0.2, 0.25) is 0 Å². The average Bonchev–Trinajstić information content (AvgIpc) is 2.27. The molecule has 17 heavy (non-hydrogen) atoms. The predicted molar refractivity (Wildman–Crippen MR) is 71.2 cm³/mol. The van der Waals surface area contributed by atoms with Crippen molar-refractivity contribution in [2.75, 3.05) is 7.11 Å². The zero-order valence-corrected chi connectivity index (χ0v) is 11.6. The van der Waals surface area contributed by atoms with Crippen LogP contribution in [-0.4, -0.2) is 17.1 Å². The van der Waals surface area contributed by atoms with Gasteiger partial charge in [0.2, 0.25) is 0 Å². The van der Waals surface area contributed by atoms with Crippen molar-refractivity contribution < 1.29 is 4.74 Å². The fourth-order valence-corrected chi connectivity index (χ4v) is 2.19. The van der Waals surface area contributed by atoms with Crippen LogP contribution in [0.25, 0.3) is 11.3 Å². The molecule has 0 spiro atoms. The monoisotopic (exact) mass is 292 g/mol. The molecule has 4 heteroatoms. The molecule has 0 aliphatic heterocycles. The minimum atomic E-state index is 0.612. The van der Waals surface area contributed by atoms with Crippen LogP contribution in [-0.2, 0) is 0 Å². The lowest BCUT2D eigenvalue weighted by Crippen LogP contribution is -1.92. The number of hydrogen-bond donors (Lipinski definition) is 0. The Hall–Kier alpha value is -1.42. The van der Waals surface area contributed by atoms with Gasteiger partial charge in [-0.2, -0.15) is 0 Å². The molecule has 1 aromatic heterocycles. The Kier molecular flexibility index (Phi) is 3.43. The number of methoxy groups -OCH3 is 1. The molecule has 0 fully saturated rings. The highest BCUT2D eigenvalue weighted by Gasteiger charge is 2.05. The number of hydrogen-bond acceptors (Lipinski definition) is 3. The Morgan fingerprint density at radius 3 is 2.47 bits per heavy atom. The van der Waals surface area contributed by atoms with Crippen molar-refractivity contribution in [3.8, 4) is 17.0 Å². The molecule has 1 aromatic carbocycles. The summed E-state index contributed by atoms with van der Waals surface area (Å²) in [6.45, 7) is 3.97. The maximum Gasteiger partial charge on any atom is 0.197 e. The molecular formula is C13H13BrN2O. The van der Waals surface area contributed by atoms with E-state index in [-0.39, 0.29) is 0 Å². The third-order valence-electron chi connectivity index (χ3n) is 2.52. The summed E-state index contributed by atoms with van der Waals surface area (Å²) in [4.78, 5) is 8.56. The Labute approximate surface area is 109 Å². The second kappa shape index (κ2) is 4.84. The van der Waals surface area contributed by atoms with E-state index in [4.69, 9.17) is 4.74 Å². The van der Waals surface area contributed by atoms with Gasteiger partial charge in [0.25, 0.3) is 0 Å². The molecule has 1 heterocycles. The third-order valence-corrected chi connectivity index (χ3v) is 2.87. The maximum absolute atomic E-state index is 5.24. The first-order chi connectivity index (χ1) is 8.10. The lowest BCUT2D eigenvalue weighted by molar-refractivity contribution is 0.412. The highest BCUT2D eigenvalue weighted by atomic mass is 79.9. The van der Waals surface area contributed by atoms with Crippen molar-refractivity contribution in [2.45, 2.75) is 13.8 Å². The van der Waals surface area contributed by atoms with Crippen LogP contribution in [0, 0.1) is 13.8 Å². The summed E-state index contributed by atoms with van der Waals surface area (Å²) >= 11 is 3.31. The van der Waals surface area contributed by atoms with Gasteiger partial charge in [-0.1, -0.05) is 0 Å². The van der Waals surface area contributed by atoms with E-state index in [1.54, 1.807) is 7.11 Å². The average molecular weight is 293 g/mol. The van der Waals surface area contributed by atoms with Crippen LogP contribution in [0.5, 0.6) is 5.75 Å². The highest BCUT2D eigenvalue weighted by molar-refractivity contribution is 9.10. The number of halogens is 1. The summed E-state index contributed by atoms with van der Waals surface area (Å²) in [6, 6.07) is 7.98. The van der Waals surface area contributed by atoms with Crippen molar-refractivity contribution in [1.82, 2.24) is 9.97 Å². The highest BCUT2D eigenvalue weighted by Crippen LogP contribution is 2.25. The molecule has 2 rings (SSSR count). The first-order valence-electron chi connectivity index (χ1n) is 5.26. The summed E-state index contributed by atoms with van der Waals surface area (Å²) in [5, 5.41) is 0. The minimum Gasteiger partial charge on any atom is -0.496 e. The SMILES string of the molecule is COc1ccc(-c2cc(C)nc(Br)n2)cc1C. The second-order valence-electron chi connectivity index (χ2n) is 3.85. The summed E-state index contributed by atoms with van der Waals surface area (Å²) in [6.07, 6.45) is 0. The summed E-state index contributed by atoms with van der Waals surface area (Å²) in [5.41, 5.74) is 4.01. The lowest BCUT2D eigenvalue weighted by Gasteiger charge is -2.07. The standard InChI is InChI=1S/C13H13BrN2O/c1-8-6-10(4-5-12(8)17-3)11-7-9(2)15-13(14)16-11/h4-7H,1-3H3. The molecule has 0 aliphatic carbocycles. The molecule has 0 bridgehead atoms. The molecule has 3 nitrogen and oxygen atoms in total. The van der Waals surface area contributed by atoms with Crippen molar-refractivity contribution >= 4 is 15.9 Å². The minimum absolute atomic E-state index is 0.612. The predicted octanol–water partition coefficient (Wildman–Crippen LogP) is 3.53. The van der Waals surface area contributed by atoms with Gasteiger partial charge in [-0.15, -0.1) is 0 Å². The van der Waals surface area contributed by atoms with E-state index in [1.807, 2.05) is 32.0 Å². The van der Waals surface area contributed by atoms with E-state index in [2.05, 4.69) is 32.0 Å².